The summed E-state index contributed by atoms with van der Waals surface area (Å²) in [6.45, 7) is 0. The molecule has 0 saturated carbocycles. The Kier molecular flexibility index (Phi) is 6.95. The zero-order valence-electron chi connectivity index (χ0n) is 18.1. The second kappa shape index (κ2) is 10.4. The first-order valence-corrected chi connectivity index (χ1v) is 11.1. The molecule has 34 heavy (non-hydrogen) atoms. The maximum absolute atomic E-state index is 12.2. The molecule has 170 valence electrons. The number of carbonyl (C=O) groups excluding carboxylic acids is 1. The van der Waals surface area contributed by atoms with Crippen LogP contribution in [0.4, 0.5) is 22.2 Å². The molecule has 0 saturated heterocycles. The molecule has 1 aromatic heterocycles. The van der Waals surface area contributed by atoms with E-state index in [0.29, 0.717) is 11.3 Å². The normalized spacial score (nSPS) is 10.7. The molecule has 8 nitrogen and oxygen atoms in total. The number of amides is 1. The van der Waals surface area contributed by atoms with Gasteiger partial charge >= 0.3 is 0 Å². The number of thiazole rings is 1. The smallest absolute Gasteiger partial charge is 0.269 e. The highest BCUT2D eigenvalue weighted by molar-refractivity contribution is 7.14. The van der Waals surface area contributed by atoms with Gasteiger partial charge in [0, 0.05) is 34.8 Å². The Hall–Kier alpha value is -4.50. The predicted molar refractivity (Wildman–Crippen MR) is 135 cm³/mol. The minimum atomic E-state index is -0.465. The SMILES string of the molecule is COc1ccccc1Nc1nc(-c2ccc(NC(=O)/C=C/c3ccc([N+](=O)[O-])cc3)cc2)cs1. The number of nitrogens with one attached hydrogen (secondary N) is 2. The number of rotatable bonds is 8. The van der Waals surface area contributed by atoms with Crippen molar-refractivity contribution in [1.82, 2.24) is 4.98 Å². The average molecular weight is 473 g/mol. The van der Waals surface area contributed by atoms with Crippen LogP contribution < -0.4 is 15.4 Å². The third-order valence-electron chi connectivity index (χ3n) is 4.83. The van der Waals surface area contributed by atoms with Crippen molar-refractivity contribution in [2.24, 2.45) is 0 Å². The molecule has 2 N–H and O–H groups in total. The summed E-state index contributed by atoms with van der Waals surface area (Å²) in [4.78, 5) is 27.1. The van der Waals surface area contributed by atoms with Crippen LogP contribution in [-0.2, 0) is 4.79 Å². The first kappa shape index (κ1) is 22.7. The topological polar surface area (TPSA) is 106 Å². The van der Waals surface area contributed by atoms with Crippen molar-refractivity contribution < 1.29 is 14.5 Å². The monoisotopic (exact) mass is 472 g/mol. The maximum atomic E-state index is 12.2. The second-order valence-electron chi connectivity index (χ2n) is 7.11. The fourth-order valence-corrected chi connectivity index (χ4v) is 3.85. The van der Waals surface area contributed by atoms with Crippen LogP contribution in [-0.4, -0.2) is 22.9 Å². The van der Waals surface area contributed by atoms with Gasteiger partial charge in [0.15, 0.2) is 5.13 Å². The van der Waals surface area contributed by atoms with Gasteiger partial charge in [0.05, 0.1) is 23.4 Å². The van der Waals surface area contributed by atoms with E-state index in [1.165, 1.54) is 29.5 Å². The number of nitro groups is 1. The predicted octanol–water partition coefficient (Wildman–Crippen LogP) is 6.12. The molecular formula is C25H20N4O4S. The molecular weight excluding hydrogens is 452 g/mol. The molecule has 0 bridgehead atoms. The van der Waals surface area contributed by atoms with Crippen molar-refractivity contribution >= 4 is 45.5 Å². The molecule has 0 spiro atoms. The van der Waals surface area contributed by atoms with Gasteiger partial charge in [-0.2, -0.15) is 0 Å². The number of non-ortho nitro benzene ring substituents is 1. The van der Waals surface area contributed by atoms with Gasteiger partial charge in [-0.3, -0.25) is 14.9 Å². The molecule has 0 aliphatic heterocycles. The molecule has 0 aliphatic rings. The minimum Gasteiger partial charge on any atom is -0.495 e. The van der Waals surface area contributed by atoms with E-state index in [0.717, 1.165) is 27.8 Å². The summed E-state index contributed by atoms with van der Waals surface area (Å²) in [5.74, 6) is 0.435. The van der Waals surface area contributed by atoms with Gasteiger partial charge in [0.2, 0.25) is 5.91 Å². The average Bonchev–Trinajstić information content (AvgIpc) is 3.32. The number of hydrogen-bond acceptors (Lipinski definition) is 7. The number of aromatic nitrogens is 1. The number of nitrogens with zero attached hydrogens (tertiary/aromatic N) is 2. The van der Waals surface area contributed by atoms with Gasteiger partial charge in [-0.15, -0.1) is 11.3 Å². The van der Waals surface area contributed by atoms with E-state index in [4.69, 9.17) is 4.74 Å². The van der Waals surface area contributed by atoms with E-state index in [2.05, 4.69) is 15.6 Å². The molecule has 1 amide bonds. The Bertz CT molecular complexity index is 1330. The van der Waals surface area contributed by atoms with E-state index in [1.54, 1.807) is 37.5 Å². The summed E-state index contributed by atoms with van der Waals surface area (Å²) in [6, 6.07) is 21.0. The lowest BCUT2D eigenvalue weighted by Crippen LogP contribution is -2.07. The van der Waals surface area contributed by atoms with E-state index in [9.17, 15) is 14.9 Å². The molecule has 3 aromatic carbocycles. The number of carbonyl (C=O) groups is 1. The molecule has 0 radical (unpaired) electrons. The summed E-state index contributed by atoms with van der Waals surface area (Å²) in [7, 11) is 1.62. The minimum absolute atomic E-state index is 0.00416. The van der Waals surface area contributed by atoms with E-state index < -0.39 is 4.92 Å². The Balaban J connectivity index is 1.36. The van der Waals surface area contributed by atoms with Crippen molar-refractivity contribution in [2.45, 2.75) is 0 Å². The van der Waals surface area contributed by atoms with E-state index in [1.807, 2.05) is 41.8 Å². The lowest BCUT2D eigenvalue weighted by molar-refractivity contribution is -0.384. The first-order chi connectivity index (χ1) is 16.5. The van der Waals surface area contributed by atoms with Crippen LogP contribution in [0.25, 0.3) is 17.3 Å². The quantitative estimate of drug-likeness (QED) is 0.182. The number of anilines is 3. The summed E-state index contributed by atoms with van der Waals surface area (Å²) in [5.41, 5.74) is 3.92. The van der Waals surface area contributed by atoms with E-state index >= 15 is 0 Å². The van der Waals surface area contributed by atoms with Crippen LogP contribution in [0.15, 0.2) is 84.3 Å². The molecule has 0 fully saturated rings. The number of methoxy groups -OCH3 is 1. The number of nitro benzene ring substituents is 1. The molecule has 9 heteroatoms. The van der Waals surface area contributed by atoms with Crippen LogP contribution in [0.1, 0.15) is 5.56 Å². The highest BCUT2D eigenvalue weighted by Crippen LogP contribution is 2.31. The standard InChI is InChI=1S/C25H20N4O4S/c1-33-23-5-3-2-4-21(23)27-25-28-22(16-34-25)18-9-11-19(12-10-18)26-24(30)15-8-17-6-13-20(14-7-17)29(31)32/h2-16H,1H3,(H,26,30)(H,27,28)/b15-8+. The molecule has 4 rings (SSSR count). The van der Waals surface area contributed by atoms with Crippen LogP contribution in [0.5, 0.6) is 5.75 Å². The van der Waals surface area contributed by atoms with Gasteiger partial charge in [-0.1, -0.05) is 24.3 Å². The number of benzene rings is 3. The fourth-order valence-electron chi connectivity index (χ4n) is 3.11. The Morgan fingerprint density at radius 3 is 2.50 bits per heavy atom. The summed E-state index contributed by atoms with van der Waals surface area (Å²) < 4.78 is 5.36. The Morgan fingerprint density at radius 2 is 1.79 bits per heavy atom. The largest absolute Gasteiger partial charge is 0.495 e. The molecule has 0 unspecified atom stereocenters. The van der Waals surface area contributed by atoms with Crippen LogP contribution in [0.3, 0.4) is 0 Å². The van der Waals surface area contributed by atoms with Crippen LogP contribution >= 0.6 is 11.3 Å². The van der Waals surface area contributed by atoms with Crippen molar-refractivity contribution in [2.75, 3.05) is 17.7 Å². The summed E-state index contributed by atoms with van der Waals surface area (Å²) in [5, 5.41) is 19.5. The maximum Gasteiger partial charge on any atom is 0.269 e. The lowest BCUT2D eigenvalue weighted by Gasteiger charge is -2.08. The second-order valence-corrected chi connectivity index (χ2v) is 7.97. The third kappa shape index (κ3) is 5.64. The van der Waals surface area contributed by atoms with Crippen LogP contribution in [0, 0.1) is 10.1 Å². The third-order valence-corrected chi connectivity index (χ3v) is 5.59. The van der Waals surface area contributed by atoms with Gasteiger partial charge in [-0.05, 0) is 48.0 Å². The van der Waals surface area contributed by atoms with Crippen molar-refractivity contribution in [1.29, 1.82) is 0 Å². The zero-order chi connectivity index (χ0) is 23.9. The number of para-hydroxylation sites is 2. The zero-order valence-corrected chi connectivity index (χ0v) is 18.9. The first-order valence-electron chi connectivity index (χ1n) is 10.2. The van der Waals surface area contributed by atoms with Crippen LogP contribution in [0.2, 0.25) is 0 Å². The molecule has 1 heterocycles. The molecule has 4 aromatic rings. The highest BCUT2D eigenvalue weighted by atomic mass is 32.1. The van der Waals surface area contributed by atoms with Gasteiger partial charge in [0.1, 0.15) is 5.75 Å². The van der Waals surface area contributed by atoms with E-state index in [-0.39, 0.29) is 11.6 Å². The van der Waals surface area contributed by atoms with Crippen molar-refractivity contribution in [3.05, 3.63) is 99.9 Å². The van der Waals surface area contributed by atoms with Gasteiger partial charge < -0.3 is 15.4 Å². The summed E-state index contributed by atoms with van der Waals surface area (Å²) in [6.07, 6.45) is 2.98. The van der Waals surface area contributed by atoms with Crippen molar-refractivity contribution in [3.8, 4) is 17.0 Å². The Morgan fingerprint density at radius 1 is 1.06 bits per heavy atom. The number of ether oxygens (including phenoxy) is 1. The van der Waals surface area contributed by atoms with Gasteiger partial charge in [0.25, 0.3) is 5.69 Å². The lowest BCUT2D eigenvalue weighted by atomic mass is 10.1. The summed E-state index contributed by atoms with van der Waals surface area (Å²) >= 11 is 1.49. The van der Waals surface area contributed by atoms with Crippen molar-refractivity contribution in [3.63, 3.8) is 0 Å². The number of hydrogen-bond donors (Lipinski definition) is 2. The Labute approximate surface area is 199 Å². The van der Waals surface area contributed by atoms with Gasteiger partial charge in [-0.25, -0.2) is 4.98 Å². The fraction of sp³-hybridized carbons (Fsp3) is 0.0400. The molecule has 0 aliphatic carbocycles. The highest BCUT2D eigenvalue weighted by Gasteiger charge is 2.08. The molecule has 0 atom stereocenters.